The predicted octanol–water partition coefficient (Wildman–Crippen LogP) is 2.48. The Morgan fingerprint density at radius 1 is 1.33 bits per heavy atom. The number of amides is 1. The Bertz CT molecular complexity index is 557. The molecule has 1 aromatic rings. The van der Waals surface area contributed by atoms with E-state index >= 15 is 0 Å². The van der Waals surface area contributed by atoms with Crippen molar-refractivity contribution in [3.05, 3.63) is 35.4 Å². The van der Waals surface area contributed by atoms with Crippen molar-refractivity contribution in [2.75, 3.05) is 33.4 Å². The number of benzene rings is 1. The van der Waals surface area contributed by atoms with Crippen molar-refractivity contribution < 1.29 is 22.7 Å². The summed E-state index contributed by atoms with van der Waals surface area (Å²) in [6, 6.07) is 5.44. The van der Waals surface area contributed by atoms with Crippen LogP contribution in [-0.2, 0) is 21.1 Å². The fourth-order valence-corrected chi connectivity index (χ4v) is 2.90. The fraction of sp³-hybridized carbons (Fsp3) is 0.588. The van der Waals surface area contributed by atoms with Gasteiger partial charge in [0.05, 0.1) is 18.7 Å². The van der Waals surface area contributed by atoms with E-state index in [1.807, 2.05) is 0 Å². The number of ether oxygens (including phenoxy) is 1. The summed E-state index contributed by atoms with van der Waals surface area (Å²) >= 11 is 0. The summed E-state index contributed by atoms with van der Waals surface area (Å²) in [5, 5.41) is 5.78. The number of carbonyl (C=O) groups is 1. The summed E-state index contributed by atoms with van der Waals surface area (Å²) in [7, 11) is 1.58. The Balaban J connectivity index is 1.96. The summed E-state index contributed by atoms with van der Waals surface area (Å²) in [6.07, 6.45) is -1.83. The molecule has 1 aliphatic rings. The van der Waals surface area contributed by atoms with Crippen LogP contribution in [0.2, 0.25) is 0 Å². The van der Waals surface area contributed by atoms with Crippen molar-refractivity contribution in [3.63, 3.8) is 0 Å². The molecule has 0 saturated heterocycles. The van der Waals surface area contributed by atoms with Gasteiger partial charge in [-0.25, -0.2) is 0 Å². The smallest absolute Gasteiger partial charge is 0.383 e. The molecule has 0 atom stereocenters. The highest BCUT2D eigenvalue weighted by Gasteiger charge is 2.40. The van der Waals surface area contributed by atoms with Gasteiger partial charge in [-0.1, -0.05) is 24.6 Å². The number of hydrogen-bond acceptors (Lipinski definition) is 3. The van der Waals surface area contributed by atoms with Gasteiger partial charge >= 0.3 is 6.18 Å². The van der Waals surface area contributed by atoms with Gasteiger partial charge < -0.3 is 15.4 Å². The Hall–Kier alpha value is -1.60. The minimum Gasteiger partial charge on any atom is -0.383 e. The van der Waals surface area contributed by atoms with E-state index in [2.05, 4.69) is 10.6 Å². The van der Waals surface area contributed by atoms with Gasteiger partial charge in [0.15, 0.2) is 0 Å². The van der Waals surface area contributed by atoms with E-state index < -0.39 is 11.7 Å². The zero-order chi connectivity index (χ0) is 17.6. The highest BCUT2D eigenvalue weighted by Crippen LogP contribution is 2.44. The number of alkyl halides is 3. The average Bonchev–Trinajstić information content (AvgIpc) is 2.50. The van der Waals surface area contributed by atoms with Gasteiger partial charge in [-0.15, -0.1) is 0 Å². The minimum atomic E-state index is -4.35. The van der Waals surface area contributed by atoms with Crippen molar-refractivity contribution in [3.8, 4) is 0 Å². The number of nitrogens with one attached hydrogen (secondary N) is 2. The Morgan fingerprint density at radius 2 is 2.08 bits per heavy atom. The molecule has 1 saturated carbocycles. The molecule has 0 aliphatic heterocycles. The van der Waals surface area contributed by atoms with Crippen molar-refractivity contribution >= 4 is 5.91 Å². The standard InChI is InChI=1S/C17H23F3N2O2/c1-24-9-8-21-11-15(23)22-12-16(6-3-7-16)13-4-2-5-14(10-13)17(18,19)20/h2,4-5,10,21H,3,6-9,11-12H2,1H3,(H,22,23). The molecule has 1 fully saturated rings. The molecule has 1 amide bonds. The van der Waals surface area contributed by atoms with E-state index in [1.165, 1.54) is 12.1 Å². The van der Waals surface area contributed by atoms with Crippen LogP contribution >= 0.6 is 0 Å². The lowest BCUT2D eigenvalue weighted by atomic mass is 9.64. The van der Waals surface area contributed by atoms with Crippen molar-refractivity contribution in [2.45, 2.75) is 30.9 Å². The number of hydrogen-bond donors (Lipinski definition) is 2. The first-order valence-electron chi connectivity index (χ1n) is 8.01. The minimum absolute atomic E-state index is 0.163. The Kier molecular flexibility index (Phi) is 6.23. The monoisotopic (exact) mass is 344 g/mol. The maximum Gasteiger partial charge on any atom is 0.416 e. The number of rotatable bonds is 8. The largest absolute Gasteiger partial charge is 0.416 e. The van der Waals surface area contributed by atoms with Crippen LogP contribution in [0.25, 0.3) is 0 Å². The van der Waals surface area contributed by atoms with Gasteiger partial charge in [-0.2, -0.15) is 13.2 Å². The maximum absolute atomic E-state index is 12.9. The third kappa shape index (κ3) is 4.70. The lowest BCUT2D eigenvalue weighted by Crippen LogP contribution is -2.47. The zero-order valence-corrected chi connectivity index (χ0v) is 13.7. The Morgan fingerprint density at radius 3 is 2.67 bits per heavy atom. The quantitative estimate of drug-likeness (QED) is 0.713. The molecule has 0 bridgehead atoms. The van der Waals surface area contributed by atoms with Crippen LogP contribution in [0.4, 0.5) is 13.2 Å². The van der Waals surface area contributed by atoms with Crippen LogP contribution in [0.15, 0.2) is 24.3 Å². The fourth-order valence-electron chi connectivity index (χ4n) is 2.90. The van der Waals surface area contributed by atoms with Crippen LogP contribution in [0, 0.1) is 0 Å². The van der Waals surface area contributed by atoms with Gasteiger partial charge in [-0.05, 0) is 24.5 Å². The summed E-state index contributed by atoms with van der Waals surface area (Å²) in [6.45, 7) is 1.62. The highest BCUT2D eigenvalue weighted by molar-refractivity contribution is 5.78. The SMILES string of the molecule is COCCNCC(=O)NCC1(c2cccc(C(F)(F)F)c2)CCC1. The molecule has 0 radical (unpaired) electrons. The molecule has 24 heavy (non-hydrogen) atoms. The van der Waals surface area contributed by atoms with E-state index in [-0.39, 0.29) is 17.9 Å². The Labute approximate surface area is 139 Å². The van der Waals surface area contributed by atoms with Crippen LogP contribution in [0.1, 0.15) is 30.4 Å². The van der Waals surface area contributed by atoms with Crippen LogP contribution in [-0.4, -0.2) is 39.3 Å². The number of methoxy groups -OCH3 is 1. The van der Waals surface area contributed by atoms with Gasteiger partial charge in [0.1, 0.15) is 0 Å². The second-order valence-electron chi connectivity index (χ2n) is 6.16. The molecule has 1 aromatic carbocycles. The van der Waals surface area contributed by atoms with E-state index in [9.17, 15) is 18.0 Å². The van der Waals surface area contributed by atoms with Crippen molar-refractivity contribution in [2.24, 2.45) is 0 Å². The van der Waals surface area contributed by atoms with Crippen LogP contribution in [0.3, 0.4) is 0 Å². The van der Waals surface area contributed by atoms with Gasteiger partial charge in [0, 0.05) is 25.6 Å². The molecule has 0 spiro atoms. The normalized spacial score (nSPS) is 16.5. The van der Waals surface area contributed by atoms with E-state index in [0.29, 0.717) is 25.3 Å². The van der Waals surface area contributed by atoms with Gasteiger partial charge in [-0.3, -0.25) is 4.79 Å². The number of halogens is 3. The topological polar surface area (TPSA) is 50.4 Å². The summed E-state index contributed by atoms with van der Waals surface area (Å²) in [5.41, 5.74) is -0.376. The lowest BCUT2D eigenvalue weighted by Gasteiger charge is -2.43. The molecule has 2 N–H and O–H groups in total. The summed E-state index contributed by atoms with van der Waals surface area (Å²) < 4.78 is 43.6. The lowest BCUT2D eigenvalue weighted by molar-refractivity contribution is -0.137. The molecule has 0 aromatic heterocycles. The molecule has 2 rings (SSSR count). The van der Waals surface area contributed by atoms with Crippen LogP contribution in [0.5, 0.6) is 0 Å². The van der Waals surface area contributed by atoms with Crippen molar-refractivity contribution in [1.82, 2.24) is 10.6 Å². The van der Waals surface area contributed by atoms with Crippen LogP contribution < -0.4 is 10.6 Å². The maximum atomic E-state index is 12.9. The zero-order valence-electron chi connectivity index (χ0n) is 13.7. The first kappa shape index (κ1) is 18.7. The second kappa shape index (κ2) is 7.98. The third-order valence-corrected chi connectivity index (χ3v) is 4.51. The first-order chi connectivity index (χ1) is 11.4. The average molecular weight is 344 g/mol. The molecule has 1 aliphatic carbocycles. The first-order valence-corrected chi connectivity index (χ1v) is 8.01. The molecule has 4 nitrogen and oxygen atoms in total. The summed E-state index contributed by atoms with van der Waals surface area (Å²) in [4.78, 5) is 11.9. The molecule has 134 valence electrons. The highest BCUT2D eigenvalue weighted by atomic mass is 19.4. The van der Waals surface area contributed by atoms with Crippen molar-refractivity contribution in [1.29, 1.82) is 0 Å². The van der Waals surface area contributed by atoms with E-state index in [0.717, 1.165) is 25.3 Å². The molecule has 0 heterocycles. The molecular formula is C17H23F3N2O2. The number of carbonyl (C=O) groups excluding carboxylic acids is 1. The van der Waals surface area contributed by atoms with Gasteiger partial charge in [0.25, 0.3) is 0 Å². The molecule has 7 heteroatoms. The van der Waals surface area contributed by atoms with Gasteiger partial charge in [0.2, 0.25) is 5.91 Å². The van der Waals surface area contributed by atoms with E-state index in [4.69, 9.17) is 4.74 Å². The van der Waals surface area contributed by atoms with E-state index in [1.54, 1.807) is 13.2 Å². The second-order valence-corrected chi connectivity index (χ2v) is 6.16. The molecular weight excluding hydrogens is 321 g/mol. The predicted molar refractivity (Wildman–Crippen MR) is 84.7 cm³/mol. The summed E-state index contributed by atoms with van der Waals surface area (Å²) in [5.74, 6) is -0.163. The molecule has 0 unspecified atom stereocenters. The third-order valence-electron chi connectivity index (χ3n) is 4.51.